The number of hydrazone groups is 1. The van der Waals surface area contributed by atoms with E-state index in [0.29, 0.717) is 28.5 Å². The number of phenolic OH excluding ortho intramolecular Hbond substituents is 1. The van der Waals surface area contributed by atoms with Crippen LogP contribution in [-0.4, -0.2) is 41.3 Å². The summed E-state index contributed by atoms with van der Waals surface area (Å²) in [6.07, 6.45) is 1.32. The van der Waals surface area contributed by atoms with E-state index in [9.17, 15) is 9.90 Å². The number of nitrogens with one attached hydrogen (secondary N) is 2. The van der Waals surface area contributed by atoms with Gasteiger partial charge in [-0.3, -0.25) is 9.89 Å². The Hall–Kier alpha value is -4.01. The molecule has 0 atom stereocenters. The first-order chi connectivity index (χ1) is 13.6. The Morgan fingerprint density at radius 1 is 1.25 bits per heavy atom. The fraction of sp³-hybridized carbons (Fsp3) is 0.105. The monoisotopic (exact) mass is 380 g/mol. The highest BCUT2D eigenvalue weighted by molar-refractivity contribution is 5.94. The number of aromatic amines is 1. The molecule has 0 aliphatic carbocycles. The molecule has 4 rings (SSSR count). The molecule has 9 nitrogen and oxygen atoms in total. The number of aromatic hydroxyl groups is 1. The first-order valence-electron chi connectivity index (χ1n) is 8.30. The highest BCUT2D eigenvalue weighted by Gasteiger charge is 2.16. The van der Waals surface area contributed by atoms with Crippen molar-refractivity contribution in [3.05, 3.63) is 53.7 Å². The molecule has 28 heavy (non-hydrogen) atoms. The average molecular weight is 380 g/mol. The number of amides is 1. The third-order valence-electron chi connectivity index (χ3n) is 4.10. The molecule has 2 heterocycles. The molecule has 0 saturated carbocycles. The first-order valence-corrected chi connectivity index (χ1v) is 8.30. The summed E-state index contributed by atoms with van der Waals surface area (Å²) in [5.74, 6) is 1.41. The third kappa shape index (κ3) is 3.45. The van der Waals surface area contributed by atoms with E-state index in [-0.39, 0.29) is 18.2 Å². The van der Waals surface area contributed by atoms with Gasteiger partial charge in [-0.15, -0.1) is 0 Å². The Morgan fingerprint density at radius 3 is 2.96 bits per heavy atom. The van der Waals surface area contributed by atoms with Crippen LogP contribution >= 0.6 is 0 Å². The van der Waals surface area contributed by atoms with Crippen LogP contribution in [0, 0.1) is 0 Å². The van der Waals surface area contributed by atoms with Gasteiger partial charge in [0.15, 0.2) is 11.5 Å². The van der Waals surface area contributed by atoms with E-state index >= 15 is 0 Å². The Kier molecular flexibility index (Phi) is 4.55. The van der Waals surface area contributed by atoms with E-state index in [0.717, 1.165) is 5.56 Å². The van der Waals surface area contributed by atoms with Crippen molar-refractivity contribution in [3.8, 4) is 34.3 Å². The summed E-state index contributed by atoms with van der Waals surface area (Å²) >= 11 is 0. The van der Waals surface area contributed by atoms with Crippen molar-refractivity contribution in [2.45, 2.75) is 0 Å². The standard InChI is InChI=1S/C19H16N4O5/c1-26-13-3-4-16(24)12(6-13)9-20-23-19(25)15-8-14(21-22-15)11-2-5-17-18(7-11)28-10-27-17/h2-9,24H,10H2,1H3,(H,21,22)(H,23,25). The van der Waals surface area contributed by atoms with E-state index in [1.54, 1.807) is 30.3 Å². The lowest BCUT2D eigenvalue weighted by atomic mass is 10.1. The van der Waals surface area contributed by atoms with Crippen LogP contribution in [0.2, 0.25) is 0 Å². The lowest BCUT2D eigenvalue weighted by Gasteiger charge is -2.03. The maximum atomic E-state index is 12.2. The minimum absolute atomic E-state index is 0.0189. The van der Waals surface area contributed by atoms with Gasteiger partial charge in [0.25, 0.3) is 5.91 Å². The van der Waals surface area contributed by atoms with Gasteiger partial charge in [-0.2, -0.15) is 10.2 Å². The zero-order chi connectivity index (χ0) is 19.5. The van der Waals surface area contributed by atoms with Gasteiger partial charge >= 0.3 is 0 Å². The molecule has 3 N–H and O–H groups in total. The van der Waals surface area contributed by atoms with Crippen molar-refractivity contribution in [2.75, 3.05) is 13.9 Å². The normalized spacial score (nSPS) is 12.3. The summed E-state index contributed by atoms with van der Waals surface area (Å²) in [6.45, 7) is 0.188. The predicted octanol–water partition coefficient (Wildman–Crippen LogP) is 2.28. The van der Waals surface area contributed by atoms with E-state index in [1.807, 2.05) is 6.07 Å². The molecule has 3 aromatic rings. The molecule has 0 unspecified atom stereocenters. The van der Waals surface area contributed by atoms with Crippen LogP contribution in [-0.2, 0) is 0 Å². The van der Waals surface area contributed by atoms with E-state index in [2.05, 4.69) is 20.7 Å². The van der Waals surface area contributed by atoms with Crippen LogP contribution in [0.25, 0.3) is 11.3 Å². The fourth-order valence-corrected chi connectivity index (χ4v) is 2.63. The van der Waals surface area contributed by atoms with Gasteiger partial charge in [0, 0.05) is 11.1 Å². The van der Waals surface area contributed by atoms with Gasteiger partial charge in [0.05, 0.1) is 19.0 Å². The molecule has 0 spiro atoms. The van der Waals surface area contributed by atoms with Crippen LogP contribution in [0.1, 0.15) is 16.1 Å². The largest absolute Gasteiger partial charge is 0.507 e. The molecule has 1 aromatic heterocycles. The molecule has 1 aliphatic rings. The number of phenols is 1. The van der Waals surface area contributed by atoms with Gasteiger partial charge in [-0.1, -0.05) is 0 Å². The van der Waals surface area contributed by atoms with Crippen molar-refractivity contribution < 1.29 is 24.1 Å². The van der Waals surface area contributed by atoms with Crippen LogP contribution in [0.4, 0.5) is 0 Å². The highest BCUT2D eigenvalue weighted by Crippen LogP contribution is 2.35. The van der Waals surface area contributed by atoms with Gasteiger partial charge in [-0.05, 0) is 42.5 Å². The second kappa shape index (κ2) is 7.31. The molecule has 1 amide bonds. The number of methoxy groups -OCH3 is 1. The van der Waals surface area contributed by atoms with E-state index < -0.39 is 5.91 Å². The number of H-pyrrole nitrogens is 1. The fourth-order valence-electron chi connectivity index (χ4n) is 2.63. The number of benzene rings is 2. The zero-order valence-corrected chi connectivity index (χ0v) is 14.8. The maximum Gasteiger partial charge on any atom is 0.289 e. The van der Waals surface area contributed by atoms with E-state index in [1.165, 1.54) is 19.4 Å². The van der Waals surface area contributed by atoms with Crippen molar-refractivity contribution in [2.24, 2.45) is 5.10 Å². The Bertz CT molecular complexity index is 1060. The summed E-state index contributed by atoms with van der Waals surface area (Å²) in [4.78, 5) is 12.2. The number of hydrogen-bond donors (Lipinski definition) is 3. The average Bonchev–Trinajstić information content (AvgIpc) is 3.38. The molecule has 0 fully saturated rings. The number of aromatic nitrogens is 2. The quantitative estimate of drug-likeness (QED) is 0.462. The Morgan fingerprint density at radius 2 is 2.11 bits per heavy atom. The summed E-state index contributed by atoms with van der Waals surface area (Å²) in [5.41, 5.74) is 4.39. The maximum absolute atomic E-state index is 12.2. The lowest BCUT2D eigenvalue weighted by Crippen LogP contribution is -2.18. The Labute approximate surface area is 159 Å². The van der Waals surface area contributed by atoms with Crippen LogP contribution in [0.15, 0.2) is 47.6 Å². The van der Waals surface area contributed by atoms with Crippen molar-refractivity contribution in [1.82, 2.24) is 15.6 Å². The first kappa shape index (κ1) is 17.4. The summed E-state index contributed by atoms with van der Waals surface area (Å²) < 4.78 is 15.7. The van der Waals surface area contributed by atoms with Crippen molar-refractivity contribution in [3.63, 3.8) is 0 Å². The van der Waals surface area contributed by atoms with E-state index in [4.69, 9.17) is 14.2 Å². The number of carbonyl (C=O) groups excluding carboxylic acids is 1. The van der Waals surface area contributed by atoms with Gasteiger partial charge in [0.1, 0.15) is 17.2 Å². The minimum atomic E-state index is -0.474. The Balaban J connectivity index is 1.45. The molecule has 0 bridgehead atoms. The smallest absolute Gasteiger partial charge is 0.289 e. The number of hydrogen-bond acceptors (Lipinski definition) is 7. The van der Waals surface area contributed by atoms with Gasteiger partial charge in [0.2, 0.25) is 6.79 Å². The number of ether oxygens (including phenoxy) is 3. The summed E-state index contributed by atoms with van der Waals surface area (Å²) in [5, 5.41) is 20.5. The molecule has 1 aliphatic heterocycles. The summed E-state index contributed by atoms with van der Waals surface area (Å²) in [7, 11) is 1.52. The number of rotatable bonds is 5. The molecular weight excluding hydrogens is 364 g/mol. The lowest BCUT2D eigenvalue weighted by molar-refractivity contribution is 0.0950. The number of fused-ring (bicyclic) bond motifs is 1. The number of carbonyl (C=O) groups is 1. The van der Waals surface area contributed by atoms with Crippen LogP contribution < -0.4 is 19.6 Å². The number of nitrogens with zero attached hydrogens (tertiary/aromatic N) is 2. The predicted molar refractivity (Wildman–Crippen MR) is 99.9 cm³/mol. The van der Waals surface area contributed by atoms with Crippen molar-refractivity contribution >= 4 is 12.1 Å². The molecule has 9 heteroatoms. The second-order valence-electron chi connectivity index (χ2n) is 5.86. The SMILES string of the molecule is COc1ccc(O)c(C=NNC(=O)c2cc(-c3ccc4c(c3)OCO4)n[nH]2)c1. The topological polar surface area (TPSA) is 118 Å². The van der Waals surface area contributed by atoms with Crippen LogP contribution in [0.5, 0.6) is 23.0 Å². The molecular formula is C19H16N4O5. The van der Waals surface area contributed by atoms with Gasteiger partial charge in [-0.25, -0.2) is 5.43 Å². The second-order valence-corrected chi connectivity index (χ2v) is 5.86. The summed E-state index contributed by atoms with van der Waals surface area (Å²) in [6, 6.07) is 11.7. The molecule has 0 saturated heterocycles. The van der Waals surface area contributed by atoms with Crippen molar-refractivity contribution in [1.29, 1.82) is 0 Å². The third-order valence-corrected chi connectivity index (χ3v) is 4.10. The molecule has 0 radical (unpaired) electrons. The minimum Gasteiger partial charge on any atom is -0.507 e. The molecule has 142 valence electrons. The van der Waals surface area contributed by atoms with Crippen LogP contribution in [0.3, 0.4) is 0 Å². The van der Waals surface area contributed by atoms with Gasteiger partial charge < -0.3 is 19.3 Å². The zero-order valence-electron chi connectivity index (χ0n) is 14.8. The highest BCUT2D eigenvalue weighted by atomic mass is 16.7. The molecule has 2 aromatic carbocycles.